The SMILES string of the molecule is CC(=O)C1=C(C)OC(c2ccccc2)(C(C)(C)C)C1. The Morgan fingerprint density at radius 3 is 2.21 bits per heavy atom. The smallest absolute Gasteiger partial charge is 0.159 e. The quantitative estimate of drug-likeness (QED) is 0.794. The fourth-order valence-corrected chi connectivity index (χ4v) is 2.82. The molecule has 2 heteroatoms. The van der Waals surface area contributed by atoms with Crippen LogP contribution in [0, 0.1) is 5.41 Å². The van der Waals surface area contributed by atoms with Crippen LogP contribution in [0.2, 0.25) is 0 Å². The van der Waals surface area contributed by atoms with Gasteiger partial charge in [0.25, 0.3) is 0 Å². The average Bonchev–Trinajstić information content (AvgIpc) is 2.69. The second-order valence-electron chi connectivity index (χ2n) is 6.31. The van der Waals surface area contributed by atoms with Crippen molar-refractivity contribution in [1.82, 2.24) is 0 Å². The fourth-order valence-electron chi connectivity index (χ4n) is 2.82. The highest BCUT2D eigenvalue weighted by Crippen LogP contribution is 2.52. The number of ether oxygens (including phenoxy) is 1. The summed E-state index contributed by atoms with van der Waals surface area (Å²) >= 11 is 0. The molecular weight excluding hydrogens is 236 g/mol. The van der Waals surface area contributed by atoms with E-state index in [9.17, 15) is 4.79 Å². The van der Waals surface area contributed by atoms with Crippen molar-refractivity contribution in [1.29, 1.82) is 0 Å². The molecule has 0 spiro atoms. The summed E-state index contributed by atoms with van der Waals surface area (Å²) in [7, 11) is 0. The summed E-state index contributed by atoms with van der Waals surface area (Å²) in [5.41, 5.74) is 1.42. The fraction of sp³-hybridized carbons (Fsp3) is 0.471. The molecule has 0 aromatic heterocycles. The zero-order valence-electron chi connectivity index (χ0n) is 12.4. The summed E-state index contributed by atoms with van der Waals surface area (Å²) in [5, 5.41) is 0. The molecule has 1 aromatic rings. The molecular formula is C17H22O2. The van der Waals surface area contributed by atoms with Gasteiger partial charge in [0.15, 0.2) is 5.78 Å². The van der Waals surface area contributed by atoms with Crippen LogP contribution in [-0.2, 0) is 15.1 Å². The Kier molecular flexibility index (Phi) is 3.29. The van der Waals surface area contributed by atoms with Gasteiger partial charge in [-0.2, -0.15) is 0 Å². The van der Waals surface area contributed by atoms with Crippen LogP contribution in [0.25, 0.3) is 0 Å². The van der Waals surface area contributed by atoms with E-state index in [0.717, 1.165) is 16.9 Å². The molecule has 102 valence electrons. The second kappa shape index (κ2) is 4.52. The number of carbonyl (C=O) groups excluding carboxylic acids is 1. The number of hydrogen-bond donors (Lipinski definition) is 0. The summed E-state index contributed by atoms with van der Waals surface area (Å²) in [5.74, 6) is 0.880. The van der Waals surface area contributed by atoms with Crippen LogP contribution in [0.1, 0.15) is 46.6 Å². The Morgan fingerprint density at radius 2 is 1.79 bits per heavy atom. The number of Topliss-reactive ketones (excluding diaryl/α,β-unsaturated/α-hetero) is 1. The number of carbonyl (C=O) groups is 1. The molecule has 0 bridgehead atoms. The second-order valence-corrected chi connectivity index (χ2v) is 6.31. The molecule has 1 aliphatic heterocycles. The average molecular weight is 258 g/mol. The zero-order chi connectivity index (χ0) is 14.3. The molecule has 2 nitrogen and oxygen atoms in total. The Morgan fingerprint density at radius 1 is 1.21 bits per heavy atom. The van der Waals surface area contributed by atoms with Crippen molar-refractivity contribution in [3.63, 3.8) is 0 Å². The van der Waals surface area contributed by atoms with E-state index in [1.165, 1.54) is 0 Å². The van der Waals surface area contributed by atoms with Crippen LogP contribution < -0.4 is 0 Å². The highest BCUT2D eigenvalue weighted by Gasteiger charge is 2.50. The number of hydrogen-bond acceptors (Lipinski definition) is 2. The van der Waals surface area contributed by atoms with Crippen molar-refractivity contribution in [2.75, 3.05) is 0 Å². The molecule has 19 heavy (non-hydrogen) atoms. The third-order valence-corrected chi connectivity index (χ3v) is 4.05. The van der Waals surface area contributed by atoms with Gasteiger partial charge in [-0.05, 0) is 19.4 Å². The van der Waals surface area contributed by atoms with Crippen molar-refractivity contribution < 1.29 is 9.53 Å². The predicted octanol–water partition coefficient (Wildman–Crippen LogP) is 4.21. The first-order valence-electron chi connectivity index (χ1n) is 6.73. The third-order valence-electron chi connectivity index (χ3n) is 4.05. The van der Waals surface area contributed by atoms with E-state index in [2.05, 4.69) is 32.9 Å². The maximum atomic E-state index is 11.8. The Labute approximate surface area is 115 Å². The van der Waals surface area contributed by atoms with E-state index in [1.807, 2.05) is 25.1 Å². The highest BCUT2D eigenvalue weighted by molar-refractivity contribution is 5.94. The highest BCUT2D eigenvalue weighted by atomic mass is 16.5. The molecule has 0 saturated carbocycles. The van der Waals surface area contributed by atoms with Gasteiger partial charge in [-0.1, -0.05) is 51.1 Å². The van der Waals surface area contributed by atoms with E-state index >= 15 is 0 Å². The first-order valence-corrected chi connectivity index (χ1v) is 6.73. The number of allylic oxidation sites excluding steroid dienone is 1. The van der Waals surface area contributed by atoms with Gasteiger partial charge in [-0.15, -0.1) is 0 Å². The van der Waals surface area contributed by atoms with Crippen LogP contribution in [0.3, 0.4) is 0 Å². The molecule has 0 radical (unpaired) electrons. The molecule has 1 unspecified atom stereocenters. The molecule has 1 heterocycles. The normalized spacial score (nSPS) is 23.4. The molecule has 0 saturated heterocycles. The van der Waals surface area contributed by atoms with Gasteiger partial charge < -0.3 is 4.74 Å². The van der Waals surface area contributed by atoms with Crippen LogP contribution in [0.15, 0.2) is 41.7 Å². The lowest BCUT2D eigenvalue weighted by Crippen LogP contribution is -2.40. The summed E-state index contributed by atoms with van der Waals surface area (Å²) < 4.78 is 6.23. The standard InChI is InChI=1S/C17H22O2/c1-12(18)15-11-17(16(3,4)5,19-13(15)2)14-9-7-6-8-10-14/h6-10H,11H2,1-5H3. The lowest BCUT2D eigenvalue weighted by Gasteiger charge is -2.42. The molecule has 0 aliphatic carbocycles. The maximum Gasteiger partial charge on any atom is 0.159 e. The van der Waals surface area contributed by atoms with Crippen LogP contribution in [0.4, 0.5) is 0 Å². The predicted molar refractivity (Wildman–Crippen MR) is 76.7 cm³/mol. The molecule has 1 atom stereocenters. The Hall–Kier alpha value is -1.57. The molecule has 0 amide bonds. The summed E-state index contributed by atoms with van der Waals surface area (Å²) in [6.07, 6.45) is 0.654. The van der Waals surface area contributed by atoms with Gasteiger partial charge in [0.2, 0.25) is 0 Å². The maximum absolute atomic E-state index is 11.8. The van der Waals surface area contributed by atoms with E-state index in [1.54, 1.807) is 6.92 Å². The van der Waals surface area contributed by atoms with Gasteiger partial charge in [0.1, 0.15) is 11.4 Å². The minimum atomic E-state index is -0.445. The summed E-state index contributed by atoms with van der Waals surface area (Å²) in [6.45, 7) is 10.0. The molecule has 0 fully saturated rings. The number of ketones is 1. The van der Waals surface area contributed by atoms with E-state index < -0.39 is 5.60 Å². The van der Waals surface area contributed by atoms with Gasteiger partial charge in [0.05, 0.1) is 0 Å². The van der Waals surface area contributed by atoms with Crippen molar-refractivity contribution in [3.05, 3.63) is 47.2 Å². The van der Waals surface area contributed by atoms with Crippen molar-refractivity contribution in [3.8, 4) is 0 Å². The lowest BCUT2D eigenvalue weighted by atomic mass is 9.69. The Balaban J connectivity index is 2.51. The number of rotatable bonds is 2. The molecule has 2 rings (SSSR count). The summed E-state index contributed by atoms with van der Waals surface area (Å²) in [6, 6.07) is 10.2. The summed E-state index contributed by atoms with van der Waals surface area (Å²) in [4.78, 5) is 11.8. The van der Waals surface area contributed by atoms with Crippen LogP contribution in [0.5, 0.6) is 0 Å². The van der Waals surface area contributed by atoms with E-state index in [0.29, 0.717) is 6.42 Å². The lowest BCUT2D eigenvalue weighted by molar-refractivity contribution is -0.114. The number of benzene rings is 1. The molecule has 1 aliphatic rings. The van der Waals surface area contributed by atoms with Gasteiger partial charge in [-0.3, -0.25) is 4.79 Å². The van der Waals surface area contributed by atoms with Crippen LogP contribution >= 0.6 is 0 Å². The zero-order valence-corrected chi connectivity index (χ0v) is 12.4. The first-order chi connectivity index (χ1) is 8.78. The topological polar surface area (TPSA) is 26.3 Å². The molecule has 0 N–H and O–H groups in total. The van der Waals surface area contributed by atoms with Gasteiger partial charge in [-0.25, -0.2) is 0 Å². The van der Waals surface area contributed by atoms with Crippen molar-refractivity contribution in [2.24, 2.45) is 5.41 Å². The van der Waals surface area contributed by atoms with Gasteiger partial charge in [0, 0.05) is 17.4 Å². The first kappa shape index (κ1) is 13.9. The van der Waals surface area contributed by atoms with Crippen molar-refractivity contribution in [2.45, 2.75) is 46.6 Å². The van der Waals surface area contributed by atoms with Crippen molar-refractivity contribution >= 4 is 5.78 Å². The minimum absolute atomic E-state index is 0.0905. The van der Waals surface area contributed by atoms with E-state index in [4.69, 9.17) is 4.74 Å². The largest absolute Gasteiger partial charge is 0.486 e. The third kappa shape index (κ3) is 2.20. The minimum Gasteiger partial charge on any atom is -0.486 e. The van der Waals surface area contributed by atoms with Gasteiger partial charge >= 0.3 is 0 Å². The van der Waals surface area contributed by atoms with E-state index in [-0.39, 0.29) is 11.2 Å². The Bertz CT molecular complexity index is 520. The molecule has 1 aromatic carbocycles. The monoisotopic (exact) mass is 258 g/mol. The van der Waals surface area contributed by atoms with Crippen LogP contribution in [-0.4, -0.2) is 5.78 Å².